The molecule has 1 nitrogen and oxygen atoms in total. The first-order valence-corrected chi connectivity index (χ1v) is 6.16. The Morgan fingerprint density at radius 3 is 2.24 bits per heavy atom. The minimum atomic E-state index is 0.356. The molecule has 2 rings (SSSR count). The van der Waals surface area contributed by atoms with Gasteiger partial charge in [0.15, 0.2) is 0 Å². The summed E-state index contributed by atoms with van der Waals surface area (Å²) < 4.78 is 0. The summed E-state index contributed by atoms with van der Waals surface area (Å²) in [6, 6.07) is 17.3. The summed E-state index contributed by atoms with van der Waals surface area (Å²) in [7, 11) is 0. The van der Waals surface area contributed by atoms with Gasteiger partial charge in [0.05, 0.1) is 22.3 Å². The van der Waals surface area contributed by atoms with E-state index >= 15 is 0 Å². The van der Waals surface area contributed by atoms with Crippen LogP contribution in [0.2, 0.25) is 5.02 Å². The number of rotatable bonds is 3. The maximum atomic E-state index is 6.06. The van der Waals surface area contributed by atoms with Crippen molar-refractivity contribution in [1.82, 2.24) is 0 Å². The maximum absolute atomic E-state index is 6.06. The third kappa shape index (κ3) is 3.09. The summed E-state index contributed by atoms with van der Waals surface area (Å²) in [6.07, 6.45) is 0. The Labute approximate surface area is 111 Å². The Bertz CT molecular complexity index is 521. The number of hydrogen-bond donors (Lipinski definition) is 0. The fourth-order valence-corrected chi connectivity index (χ4v) is 1.88. The van der Waals surface area contributed by atoms with E-state index in [-0.39, 0.29) is 0 Å². The van der Waals surface area contributed by atoms with Crippen molar-refractivity contribution in [3.8, 4) is 0 Å². The van der Waals surface area contributed by atoms with Crippen molar-refractivity contribution in [3.05, 3.63) is 65.2 Å². The molecule has 0 amide bonds. The summed E-state index contributed by atoms with van der Waals surface area (Å²) in [4.78, 5) is 4.50. The van der Waals surface area contributed by atoms with Crippen molar-refractivity contribution in [2.45, 2.75) is 0 Å². The van der Waals surface area contributed by atoms with Gasteiger partial charge < -0.3 is 0 Å². The van der Waals surface area contributed by atoms with Crippen LogP contribution in [-0.4, -0.2) is 11.6 Å². The second-order valence-electron chi connectivity index (χ2n) is 3.51. The Hall–Kier alpha value is -1.31. The molecule has 0 fully saturated rings. The third-order valence-corrected chi connectivity index (χ3v) is 2.91. The molecule has 0 aromatic heterocycles. The topological polar surface area (TPSA) is 12.4 Å². The number of halogens is 2. The molecular formula is C14H11Cl2N. The van der Waals surface area contributed by atoms with Crippen molar-refractivity contribution in [1.29, 1.82) is 0 Å². The van der Waals surface area contributed by atoms with E-state index in [9.17, 15) is 0 Å². The Balaban J connectivity index is 2.40. The maximum Gasteiger partial charge on any atom is 0.0819 e. The third-order valence-electron chi connectivity index (χ3n) is 2.34. The predicted molar refractivity (Wildman–Crippen MR) is 74.8 cm³/mol. The molecular weight excluding hydrogens is 253 g/mol. The molecule has 17 heavy (non-hydrogen) atoms. The molecule has 0 saturated heterocycles. The first-order chi connectivity index (χ1) is 8.31. The highest BCUT2D eigenvalue weighted by atomic mass is 35.5. The smallest absolute Gasteiger partial charge is 0.0819 e. The number of hydrogen-bond acceptors (Lipinski definition) is 1. The minimum absolute atomic E-state index is 0.356. The zero-order chi connectivity index (χ0) is 12.1. The lowest BCUT2D eigenvalue weighted by Crippen LogP contribution is -2.01. The number of aliphatic imine (C=N–C) groups is 1. The zero-order valence-corrected chi connectivity index (χ0v) is 10.6. The van der Waals surface area contributed by atoms with Gasteiger partial charge in [-0.05, 0) is 17.7 Å². The summed E-state index contributed by atoms with van der Waals surface area (Å²) in [5, 5.41) is 0.631. The molecule has 0 aliphatic carbocycles. The minimum Gasteiger partial charge on any atom is -0.250 e. The molecule has 0 radical (unpaired) electrons. The molecule has 0 atom stereocenters. The van der Waals surface area contributed by atoms with Crippen molar-refractivity contribution < 1.29 is 0 Å². The van der Waals surface area contributed by atoms with Gasteiger partial charge in [0, 0.05) is 0 Å². The molecule has 0 saturated carbocycles. The van der Waals surface area contributed by atoms with Crippen LogP contribution in [0.1, 0.15) is 5.56 Å². The van der Waals surface area contributed by atoms with Gasteiger partial charge >= 0.3 is 0 Å². The molecule has 86 valence electrons. The lowest BCUT2D eigenvalue weighted by Gasteiger charge is -2.04. The molecule has 0 bridgehead atoms. The largest absolute Gasteiger partial charge is 0.250 e. The van der Waals surface area contributed by atoms with Crippen molar-refractivity contribution >= 4 is 34.6 Å². The molecule has 0 N–H and O–H groups in total. The quantitative estimate of drug-likeness (QED) is 0.562. The van der Waals surface area contributed by atoms with E-state index in [4.69, 9.17) is 23.2 Å². The predicted octanol–water partition coefficient (Wildman–Crippen LogP) is 4.70. The molecule has 0 unspecified atom stereocenters. The SMILES string of the molecule is ClCC(=Nc1ccccc1Cl)c1ccccc1. The number of nitrogens with zero attached hydrogens (tertiary/aromatic N) is 1. The van der Waals surface area contributed by atoms with E-state index in [1.807, 2.05) is 54.6 Å². The second kappa shape index (κ2) is 5.85. The Morgan fingerprint density at radius 2 is 1.59 bits per heavy atom. The fourth-order valence-electron chi connectivity index (χ4n) is 1.49. The average molecular weight is 264 g/mol. The van der Waals surface area contributed by atoms with Crippen LogP contribution >= 0.6 is 23.2 Å². The highest BCUT2D eigenvalue weighted by Gasteiger charge is 2.03. The fraction of sp³-hybridized carbons (Fsp3) is 0.0714. The van der Waals surface area contributed by atoms with Crippen LogP contribution in [0, 0.1) is 0 Å². The molecule has 0 heterocycles. The van der Waals surface area contributed by atoms with Gasteiger partial charge in [-0.1, -0.05) is 54.1 Å². The van der Waals surface area contributed by atoms with E-state index < -0.39 is 0 Å². The standard InChI is InChI=1S/C14H11Cl2N/c15-10-14(11-6-2-1-3-7-11)17-13-9-5-4-8-12(13)16/h1-9H,10H2. The van der Waals surface area contributed by atoms with Gasteiger partial charge in [-0.25, -0.2) is 0 Å². The van der Waals surface area contributed by atoms with E-state index in [1.165, 1.54) is 0 Å². The molecule has 2 aromatic rings. The van der Waals surface area contributed by atoms with Crippen LogP contribution in [0.15, 0.2) is 59.6 Å². The van der Waals surface area contributed by atoms with Crippen LogP contribution in [0.5, 0.6) is 0 Å². The van der Waals surface area contributed by atoms with Crippen LogP contribution < -0.4 is 0 Å². The number of para-hydroxylation sites is 1. The lowest BCUT2D eigenvalue weighted by molar-refractivity contribution is 1.48. The summed E-state index contributed by atoms with van der Waals surface area (Å²) >= 11 is 12.0. The summed E-state index contributed by atoms with van der Waals surface area (Å²) in [5.74, 6) is 0.356. The van der Waals surface area contributed by atoms with E-state index in [1.54, 1.807) is 0 Å². The summed E-state index contributed by atoms with van der Waals surface area (Å²) in [6.45, 7) is 0. The molecule has 3 heteroatoms. The van der Waals surface area contributed by atoms with E-state index in [0.717, 1.165) is 17.0 Å². The zero-order valence-electron chi connectivity index (χ0n) is 9.11. The van der Waals surface area contributed by atoms with Gasteiger partial charge in [-0.3, -0.25) is 4.99 Å². The highest BCUT2D eigenvalue weighted by molar-refractivity contribution is 6.34. The first kappa shape index (κ1) is 12.2. The first-order valence-electron chi connectivity index (χ1n) is 5.25. The van der Waals surface area contributed by atoms with E-state index in [2.05, 4.69) is 4.99 Å². The molecule has 2 aromatic carbocycles. The van der Waals surface area contributed by atoms with Gasteiger partial charge in [0.25, 0.3) is 0 Å². The number of alkyl halides is 1. The highest BCUT2D eigenvalue weighted by Crippen LogP contribution is 2.24. The van der Waals surface area contributed by atoms with E-state index in [0.29, 0.717) is 10.9 Å². The van der Waals surface area contributed by atoms with Crippen LogP contribution in [0.25, 0.3) is 0 Å². The van der Waals surface area contributed by atoms with Gasteiger partial charge in [-0.2, -0.15) is 0 Å². The second-order valence-corrected chi connectivity index (χ2v) is 4.18. The monoisotopic (exact) mass is 263 g/mol. The summed E-state index contributed by atoms with van der Waals surface area (Å²) in [5.41, 5.74) is 2.58. The van der Waals surface area contributed by atoms with Crippen molar-refractivity contribution in [2.24, 2.45) is 4.99 Å². The van der Waals surface area contributed by atoms with Gasteiger partial charge in [0.1, 0.15) is 0 Å². The average Bonchev–Trinajstić information content (AvgIpc) is 2.39. The van der Waals surface area contributed by atoms with Crippen molar-refractivity contribution in [2.75, 3.05) is 5.88 Å². The Morgan fingerprint density at radius 1 is 0.941 bits per heavy atom. The van der Waals surface area contributed by atoms with Gasteiger partial charge in [0.2, 0.25) is 0 Å². The molecule has 0 spiro atoms. The number of benzene rings is 2. The van der Waals surface area contributed by atoms with Crippen molar-refractivity contribution in [3.63, 3.8) is 0 Å². The molecule has 0 aliphatic heterocycles. The van der Waals surface area contributed by atoms with Crippen LogP contribution in [0.3, 0.4) is 0 Å². The van der Waals surface area contributed by atoms with Gasteiger partial charge in [-0.15, -0.1) is 11.6 Å². The van der Waals surface area contributed by atoms with Crippen LogP contribution in [-0.2, 0) is 0 Å². The normalized spacial score (nSPS) is 11.5. The Kier molecular flexibility index (Phi) is 4.18. The lowest BCUT2D eigenvalue weighted by atomic mass is 10.1. The van der Waals surface area contributed by atoms with Crippen LogP contribution in [0.4, 0.5) is 5.69 Å². The molecule has 0 aliphatic rings.